The van der Waals surface area contributed by atoms with Gasteiger partial charge in [-0.25, -0.2) is 19.7 Å². The molecule has 180 valence electrons. The monoisotopic (exact) mass is 550 g/mol. The van der Waals surface area contributed by atoms with Crippen molar-refractivity contribution in [1.29, 1.82) is 10.5 Å². The number of pyridine rings is 2. The maximum atomic E-state index is 13.2. The molecule has 0 saturated heterocycles. The van der Waals surface area contributed by atoms with Gasteiger partial charge in [0, 0.05) is 23.2 Å². The number of carbonyl (C=O) groups excluding carboxylic acids is 1. The van der Waals surface area contributed by atoms with Crippen LogP contribution < -0.4 is 0 Å². The summed E-state index contributed by atoms with van der Waals surface area (Å²) in [4.78, 5) is 26.5. The number of methoxy groups -OCH3 is 1. The van der Waals surface area contributed by atoms with E-state index in [4.69, 9.17) is 17.0 Å². The zero-order chi connectivity index (χ0) is 25.8. The highest BCUT2D eigenvalue weighted by molar-refractivity contribution is 8.00. The number of aryl methyl sites for hydroxylation is 2. The lowest BCUT2D eigenvalue weighted by Gasteiger charge is -2.25. The van der Waals surface area contributed by atoms with Crippen molar-refractivity contribution < 1.29 is 9.53 Å². The molecule has 4 heterocycles. The van der Waals surface area contributed by atoms with Crippen molar-refractivity contribution in [3.63, 3.8) is 0 Å². The van der Waals surface area contributed by atoms with Crippen molar-refractivity contribution in [2.45, 2.75) is 30.2 Å². The number of ether oxygens (including phenoxy) is 1. The van der Waals surface area contributed by atoms with Gasteiger partial charge >= 0.3 is 5.97 Å². The number of esters is 1. The lowest BCUT2D eigenvalue weighted by molar-refractivity contribution is -0.144. The summed E-state index contributed by atoms with van der Waals surface area (Å²) >= 11 is 9.50. The van der Waals surface area contributed by atoms with Gasteiger partial charge in [-0.1, -0.05) is 24.0 Å². The molecule has 0 aromatic carbocycles. The second-order valence-electron chi connectivity index (χ2n) is 7.55. The van der Waals surface area contributed by atoms with Crippen LogP contribution in [0.4, 0.5) is 0 Å². The first-order chi connectivity index (χ1) is 17.4. The Hall–Kier alpha value is -3.42. The molecule has 36 heavy (non-hydrogen) atoms. The van der Waals surface area contributed by atoms with Gasteiger partial charge < -0.3 is 9.30 Å². The Morgan fingerprint density at radius 3 is 2.42 bits per heavy atom. The van der Waals surface area contributed by atoms with E-state index in [1.807, 2.05) is 23.8 Å². The number of hydrogen-bond donors (Lipinski definition) is 0. The number of thioether (sulfide) groups is 1. The van der Waals surface area contributed by atoms with Crippen LogP contribution in [0, 0.1) is 41.2 Å². The van der Waals surface area contributed by atoms with E-state index in [0.717, 1.165) is 17.3 Å². The SMILES string of the molecule is COC(=O)C(C(C#N)Sc1nc(-c2nccs2)cc(C)c1C#N)n1c(-c2nccs2)cc(C)cc1=S. The minimum atomic E-state index is -1.12. The molecule has 0 aliphatic rings. The fourth-order valence-corrected chi connectivity index (χ4v) is 6.38. The molecule has 4 aromatic rings. The molecular weight excluding hydrogens is 533 g/mol. The Balaban J connectivity index is 1.87. The van der Waals surface area contributed by atoms with Crippen LogP contribution in [0.25, 0.3) is 21.4 Å². The van der Waals surface area contributed by atoms with Gasteiger partial charge in [0.25, 0.3) is 0 Å². The van der Waals surface area contributed by atoms with Gasteiger partial charge in [0.2, 0.25) is 0 Å². The van der Waals surface area contributed by atoms with Crippen LogP contribution in [-0.4, -0.2) is 37.8 Å². The first-order valence-electron chi connectivity index (χ1n) is 10.5. The van der Waals surface area contributed by atoms with Crippen molar-refractivity contribution in [2.24, 2.45) is 0 Å². The summed E-state index contributed by atoms with van der Waals surface area (Å²) in [6.07, 6.45) is 3.34. The second-order valence-corrected chi connectivity index (χ2v) is 10.9. The largest absolute Gasteiger partial charge is 0.467 e. The van der Waals surface area contributed by atoms with Crippen LogP contribution in [0.5, 0.6) is 0 Å². The summed E-state index contributed by atoms with van der Waals surface area (Å²) < 4.78 is 7.09. The molecule has 0 spiro atoms. The number of thiazole rings is 2. The number of hydrogen-bond acceptors (Lipinski definition) is 11. The van der Waals surface area contributed by atoms with Crippen molar-refractivity contribution in [3.05, 3.63) is 62.7 Å². The van der Waals surface area contributed by atoms with E-state index in [-0.39, 0.29) is 0 Å². The van der Waals surface area contributed by atoms with Crippen molar-refractivity contribution in [2.75, 3.05) is 7.11 Å². The Bertz CT molecular complexity index is 1550. The molecule has 2 unspecified atom stereocenters. The van der Waals surface area contributed by atoms with E-state index in [2.05, 4.69) is 27.1 Å². The molecule has 0 saturated carbocycles. The number of nitriles is 2. The summed E-state index contributed by atoms with van der Waals surface area (Å²) in [6.45, 7) is 3.70. The Kier molecular flexibility index (Phi) is 7.91. The average molecular weight is 551 g/mol. The van der Waals surface area contributed by atoms with E-state index < -0.39 is 17.3 Å². The molecule has 4 aromatic heterocycles. The van der Waals surface area contributed by atoms with Crippen molar-refractivity contribution in [1.82, 2.24) is 19.5 Å². The van der Waals surface area contributed by atoms with E-state index in [1.54, 1.807) is 36.0 Å². The van der Waals surface area contributed by atoms with Gasteiger partial charge in [0.15, 0.2) is 6.04 Å². The zero-order valence-corrected chi connectivity index (χ0v) is 22.6. The molecular formula is C24H18N6O2S4. The summed E-state index contributed by atoms with van der Waals surface area (Å²) in [5.74, 6) is -0.641. The summed E-state index contributed by atoms with van der Waals surface area (Å²) in [5, 5.41) is 24.4. The molecule has 8 nitrogen and oxygen atoms in total. The third-order valence-corrected chi connectivity index (χ3v) is 8.23. The van der Waals surface area contributed by atoms with Crippen LogP contribution in [0.3, 0.4) is 0 Å². The third-order valence-electron chi connectivity index (χ3n) is 5.18. The lowest BCUT2D eigenvalue weighted by Crippen LogP contribution is -2.31. The van der Waals surface area contributed by atoms with Gasteiger partial charge in [0.1, 0.15) is 36.7 Å². The molecule has 4 rings (SSSR count). The molecule has 0 aliphatic heterocycles. The van der Waals surface area contributed by atoms with Crippen LogP contribution >= 0.6 is 46.7 Å². The van der Waals surface area contributed by atoms with Gasteiger partial charge in [-0.3, -0.25) is 0 Å². The standard InChI is InChI=1S/C24H18N6O2S4/c1-13-8-17(23-28-5-7-35-23)30(19(33)9-13)20(24(31)32-3)18(12-26)36-21-15(11-25)14(2)10-16(29-21)22-27-4-6-34-22/h4-10,18,20H,1-3H3. The Labute approximate surface area is 224 Å². The fourth-order valence-electron chi connectivity index (χ4n) is 3.60. The smallest absolute Gasteiger partial charge is 0.331 e. The Morgan fingerprint density at radius 1 is 1.14 bits per heavy atom. The maximum absolute atomic E-state index is 13.2. The highest BCUT2D eigenvalue weighted by Gasteiger charge is 2.35. The Morgan fingerprint density at radius 2 is 1.83 bits per heavy atom. The quantitative estimate of drug-likeness (QED) is 0.161. The molecule has 0 radical (unpaired) electrons. The fraction of sp³-hybridized carbons (Fsp3) is 0.208. The molecule has 0 amide bonds. The zero-order valence-electron chi connectivity index (χ0n) is 19.3. The van der Waals surface area contributed by atoms with Gasteiger partial charge in [0.05, 0.1) is 24.4 Å². The first-order valence-corrected chi connectivity index (χ1v) is 13.5. The van der Waals surface area contributed by atoms with Gasteiger partial charge in [-0.05, 0) is 43.2 Å². The average Bonchev–Trinajstić information content (AvgIpc) is 3.58. The van der Waals surface area contributed by atoms with E-state index in [0.29, 0.717) is 42.2 Å². The minimum absolute atomic E-state index is 0.330. The predicted molar refractivity (Wildman–Crippen MR) is 142 cm³/mol. The van der Waals surface area contributed by atoms with E-state index in [1.165, 1.54) is 29.8 Å². The number of aromatic nitrogens is 4. The summed E-state index contributed by atoms with van der Waals surface area (Å²) in [6, 6.07) is 8.70. The molecule has 2 atom stereocenters. The van der Waals surface area contributed by atoms with Gasteiger partial charge in [-0.2, -0.15) is 10.5 Å². The topological polar surface area (TPSA) is 117 Å². The molecule has 0 bridgehead atoms. The first kappa shape index (κ1) is 25.7. The number of nitrogens with zero attached hydrogens (tertiary/aromatic N) is 6. The highest BCUT2D eigenvalue weighted by Crippen LogP contribution is 2.37. The summed E-state index contributed by atoms with van der Waals surface area (Å²) in [7, 11) is 1.27. The number of rotatable bonds is 7. The normalized spacial score (nSPS) is 12.4. The molecule has 0 aliphatic carbocycles. The second kappa shape index (κ2) is 11.1. The van der Waals surface area contributed by atoms with Crippen molar-refractivity contribution in [3.8, 4) is 33.5 Å². The molecule has 0 N–H and O–H groups in total. The summed E-state index contributed by atoms with van der Waals surface area (Å²) in [5.41, 5.74) is 3.11. The predicted octanol–water partition coefficient (Wildman–Crippen LogP) is 5.75. The molecule has 0 fully saturated rings. The maximum Gasteiger partial charge on any atom is 0.331 e. The van der Waals surface area contributed by atoms with Crippen LogP contribution in [0.15, 0.2) is 46.4 Å². The van der Waals surface area contributed by atoms with Crippen LogP contribution in [-0.2, 0) is 9.53 Å². The van der Waals surface area contributed by atoms with E-state index in [9.17, 15) is 15.3 Å². The lowest BCUT2D eigenvalue weighted by atomic mass is 10.1. The van der Waals surface area contributed by atoms with Crippen LogP contribution in [0.2, 0.25) is 0 Å². The highest BCUT2D eigenvalue weighted by atomic mass is 32.2. The minimum Gasteiger partial charge on any atom is -0.467 e. The van der Waals surface area contributed by atoms with E-state index >= 15 is 0 Å². The van der Waals surface area contributed by atoms with Crippen molar-refractivity contribution >= 4 is 52.6 Å². The number of carbonyl (C=O) groups is 1. The van der Waals surface area contributed by atoms with Crippen LogP contribution in [0.1, 0.15) is 22.7 Å². The van der Waals surface area contributed by atoms with Gasteiger partial charge in [-0.15, -0.1) is 22.7 Å². The molecule has 12 heteroatoms. The third kappa shape index (κ3) is 5.08.